The predicted molar refractivity (Wildman–Crippen MR) is 95.1 cm³/mol. The monoisotopic (exact) mass is 351 g/mol. The van der Waals surface area contributed by atoms with E-state index in [0.29, 0.717) is 23.8 Å². The lowest BCUT2D eigenvalue weighted by molar-refractivity contribution is -0.132. The first-order chi connectivity index (χ1) is 11.0. The van der Waals surface area contributed by atoms with Crippen molar-refractivity contribution in [2.75, 3.05) is 12.4 Å². The van der Waals surface area contributed by atoms with E-state index in [1.54, 1.807) is 36.0 Å². The Kier molecular flexibility index (Phi) is 6.29. The van der Waals surface area contributed by atoms with E-state index in [9.17, 15) is 9.59 Å². The summed E-state index contributed by atoms with van der Waals surface area (Å²) in [5.74, 6) is 1.28. The maximum absolute atomic E-state index is 12.0. The number of hydrogen-bond acceptors (Lipinski definition) is 7. The molecule has 0 amide bonds. The van der Waals surface area contributed by atoms with E-state index in [-0.39, 0.29) is 5.12 Å². The van der Waals surface area contributed by atoms with Crippen LogP contribution in [0.1, 0.15) is 26.3 Å². The first kappa shape index (κ1) is 17.6. The van der Waals surface area contributed by atoms with E-state index in [1.165, 1.54) is 6.92 Å². The molecule has 0 spiro atoms. The van der Waals surface area contributed by atoms with Crippen LogP contribution in [0.4, 0.5) is 0 Å². The summed E-state index contributed by atoms with van der Waals surface area (Å²) in [6.45, 7) is 5.64. The molecule has 5 nitrogen and oxygen atoms in total. The van der Waals surface area contributed by atoms with Crippen LogP contribution in [0.15, 0.2) is 28.9 Å². The van der Waals surface area contributed by atoms with Gasteiger partial charge in [-0.3, -0.25) is 9.59 Å². The Morgan fingerprint density at radius 1 is 1.35 bits per heavy atom. The Balaban J connectivity index is 2.29. The molecule has 1 heterocycles. The molecule has 0 aliphatic carbocycles. The molecular weight excluding hydrogens is 334 g/mol. The molecule has 0 radical (unpaired) electrons. The van der Waals surface area contributed by atoms with Gasteiger partial charge < -0.3 is 9.47 Å². The number of carbonyl (C=O) groups excluding carboxylic acids is 2. The van der Waals surface area contributed by atoms with E-state index in [0.717, 1.165) is 27.5 Å². The largest absolute Gasteiger partial charge is 0.490 e. The molecule has 0 saturated carbocycles. The third-order valence-electron chi connectivity index (χ3n) is 2.69. The second-order valence-corrected chi connectivity index (χ2v) is 6.94. The first-order valence-electron chi connectivity index (χ1n) is 7.14. The van der Waals surface area contributed by atoms with Crippen molar-refractivity contribution < 1.29 is 19.1 Å². The second kappa shape index (κ2) is 8.21. The Bertz CT molecular complexity index is 683. The molecule has 0 fully saturated rings. The molecule has 1 aliphatic heterocycles. The molecule has 1 aromatic carbocycles. The Hall–Kier alpha value is -1.73. The molecule has 122 valence electrons. The molecule has 0 aromatic heterocycles. The van der Waals surface area contributed by atoms with Gasteiger partial charge in [0.25, 0.3) is 0 Å². The van der Waals surface area contributed by atoms with Crippen LogP contribution in [-0.4, -0.2) is 27.8 Å². The molecule has 7 heteroatoms. The van der Waals surface area contributed by atoms with Crippen LogP contribution in [0.3, 0.4) is 0 Å². The summed E-state index contributed by atoms with van der Waals surface area (Å²) in [6, 6.07) is 5.14. The second-order valence-electron chi connectivity index (χ2n) is 4.46. The lowest BCUT2D eigenvalue weighted by Crippen LogP contribution is -2.04. The molecule has 1 aliphatic rings. The highest BCUT2D eigenvalue weighted by Crippen LogP contribution is 2.33. The Morgan fingerprint density at radius 3 is 2.78 bits per heavy atom. The molecule has 0 atom stereocenters. The zero-order valence-corrected chi connectivity index (χ0v) is 14.8. The summed E-state index contributed by atoms with van der Waals surface area (Å²) in [7, 11) is 0. The first-order valence-corrected chi connectivity index (χ1v) is 8.94. The third-order valence-corrected chi connectivity index (χ3v) is 4.58. The minimum Gasteiger partial charge on any atom is -0.490 e. The summed E-state index contributed by atoms with van der Waals surface area (Å²) >= 11 is 2.70. The van der Waals surface area contributed by atoms with E-state index in [4.69, 9.17) is 9.47 Å². The number of ether oxygens (including phenoxy) is 2. The zero-order valence-electron chi connectivity index (χ0n) is 13.1. The highest BCUT2D eigenvalue weighted by atomic mass is 32.2. The molecule has 0 unspecified atom stereocenters. The van der Waals surface area contributed by atoms with Gasteiger partial charge in [-0.1, -0.05) is 24.8 Å². The normalized spacial score (nSPS) is 15.7. The minimum atomic E-state index is -0.412. The van der Waals surface area contributed by atoms with Crippen molar-refractivity contribution in [3.05, 3.63) is 29.5 Å². The number of carbonyl (C=O) groups is 2. The number of aliphatic imine (C=N–C) groups is 1. The van der Waals surface area contributed by atoms with E-state index in [2.05, 4.69) is 4.99 Å². The van der Waals surface area contributed by atoms with Gasteiger partial charge in [0.05, 0.1) is 6.61 Å². The van der Waals surface area contributed by atoms with Gasteiger partial charge in [-0.05, 0) is 48.2 Å². The SMILES string of the molecule is CCOc1cc(/C=C2\N=C(SCC)SC2=O)ccc1OC(C)=O. The summed E-state index contributed by atoms with van der Waals surface area (Å²) < 4.78 is 11.4. The maximum Gasteiger partial charge on any atom is 0.308 e. The summed E-state index contributed by atoms with van der Waals surface area (Å²) in [4.78, 5) is 27.4. The average Bonchev–Trinajstić information content (AvgIpc) is 2.82. The number of esters is 1. The van der Waals surface area contributed by atoms with Crippen molar-refractivity contribution in [1.29, 1.82) is 0 Å². The van der Waals surface area contributed by atoms with E-state index < -0.39 is 5.97 Å². The molecule has 23 heavy (non-hydrogen) atoms. The van der Waals surface area contributed by atoms with Gasteiger partial charge in [-0.15, -0.1) is 0 Å². The molecule has 2 rings (SSSR count). The third kappa shape index (κ3) is 4.87. The van der Waals surface area contributed by atoms with Crippen molar-refractivity contribution in [3.8, 4) is 11.5 Å². The van der Waals surface area contributed by atoms with E-state index in [1.807, 2.05) is 13.8 Å². The molecule has 0 saturated heterocycles. The van der Waals surface area contributed by atoms with Crippen LogP contribution >= 0.6 is 23.5 Å². The van der Waals surface area contributed by atoms with Crippen molar-refractivity contribution in [2.24, 2.45) is 4.99 Å². The maximum atomic E-state index is 12.0. The van der Waals surface area contributed by atoms with Crippen LogP contribution in [-0.2, 0) is 9.59 Å². The van der Waals surface area contributed by atoms with Gasteiger partial charge >= 0.3 is 5.97 Å². The van der Waals surface area contributed by atoms with E-state index >= 15 is 0 Å². The summed E-state index contributed by atoms with van der Waals surface area (Å²) in [6.07, 6.45) is 1.71. The van der Waals surface area contributed by atoms with Crippen molar-refractivity contribution in [1.82, 2.24) is 0 Å². The zero-order chi connectivity index (χ0) is 16.8. The number of hydrogen-bond donors (Lipinski definition) is 0. The fraction of sp³-hybridized carbons (Fsp3) is 0.312. The van der Waals surface area contributed by atoms with Gasteiger partial charge in [0.2, 0.25) is 5.12 Å². The standard InChI is InChI=1S/C16H17NO4S2/c1-4-20-14-9-11(6-7-13(14)21-10(3)18)8-12-15(19)23-16(17-12)22-5-2/h6-9H,4-5H2,1-3H3/b12-8-. The van der Waals surface area contributed by atoms with Crippen LogP contribution in [0.5, 0.6) is 11.5 Å². The highest BCUT2D eigenvalue weighted by Gasteiger charge is 2.22. The van der Waals surface area contributed by atoms with Crippen LogP contribution in [0.2, 0.25) is 0 Å². The fourth-order valence-electron chi connectivity index (χ4n) is 1.85. The molecule has 1 aromatic rings. The number of benzene rings is 1. The quantitative estimate of drug-likeness (QED) is 0.457. The topological polar surface area (TPSA) is 65.0 Å². The lowest BCUT2D eigenvalue weighted by atomic mass is 10.1. The molecule has 0 bridgehead atoms. The summed E-state index contributed by atoms with van der Waals surface area (Å²) in [5, 5.41) is -0.0667. The van der Waals surface area contributed by atoms with Crippen molar-refractivity contribution >= 4 is 45.1 Å². The van der Waals surface area contributed by atoms with Gasteiger partial charge in [0.15, 0.2) is 11.5 Å². The number of rotatable bonds is 5. The Labute approximate surface area is 143 Å². The van der Waals surface area contributed by atoms with Gasteiger partial charge in [0.1, 0.15) is 10.1 Å². The Morgan fingerprint density at radius 2 is 2.13 bits per heavy atom. The number of thioether (sulfide) groups is 2. The highest BCUT2D eigenvalue weighted by molar-refractivity contribution is 8.45. The smallest absolute Gasteiger partial charge is 0.308 e. The number of nitrogens with zero attached hydrogens (tertiary/aromatic N) is 1. The van der Waals surface area contributed by atoms with Crippen LogP contribution < -0.4 is 9.47 Å². The van der Waals surface area contributed by atoms with Gasteiger partial charge in [-0.2, -0.15) is 0 Å². The molecule has 0 N–H and O–H groups in total. The van der Waals surface area contributed by atoms with Crippen molar-refractivity contribution in [3.63, 3.8) is 0 Å². The van der Waals surface area contributed by atoms with Crippen molar-refractivity contribution in [2.45, 2.75) is 20.8 Å². The summed E-state index contributed by atoms with van der Waals surface area (Å²) in [5.41, 5.74) is 1.17. The molecular formula is C16H17NO4S2. The van der Waals surface area contributed by atoms with Gasteiger partial charge in [-0.25, -0.2) is 4.99 Å². The predicted octanol–water partition coefficient (Wildman–Crippen LogP) is 3.73. The minimum absolute atomic E-state index is 0.0667. The fourth-order valence-corrected chi connectivity index (χ4v) is 3.59. The average molecular weight is 351 g/mol. The lowest BCUT2D eigenvalue weighted by Gasteiger charge is -2.10. The van der Waals surface area contributed by atoms with Gasteiger partial charge in [0, 0.05) is 6.92 Å². The van der Waals surface area contributed by atoms with Crippen LogP contribution in [0, 0.1) is 0 Å². The van der Waals surface area contributed by atoms with Crippen LogP contribution in [0.25, 0.3) is 6.08 Å².